The maximum absolute atomic E-state index is 13.5. The molecule has 192 valence electrons. The number of aliphatic hydroxyl groups is 1. The van der Waals surface area contributed by atoms with Gasteiger partial charge in [0.05, 0.1) is 28.4 Å². The molecule has 8 heteroatoms. The molecular weight excluding hydrogens is 500 g/mol. The summed E-state index contributed by atoms with van der Waals surface area (Å²) in [5.74, 6) is -0.246. The van der Waals surface area contributed by atoms with Gasteiger partial charge in [-0.25, -0.2) is 4.98 Å². The van der Waals surface area contributed by atoms with Crippen LogP contribution in [0.25, 0.3) is 16.0 Å². The van der Waals surface area contributed by atoms with E-state index in [2.05, 4.69) is 0 Å². The van der Waals surface area contributed by atoms with Crippen LogP contribution in [0.15, 0.2) is 66.2 Å². The summed E-state index contributed by atoms with van der Waals surface area (Å²) < 4.78 is 12.3. The highest BCUT2D eigenvalue weighted by atomic mass is 32.1. The molecule has 1 amide bonds. The first-order chi connectivity index (χ1) is 18.3. The van der Waals surface area contributed by atoms with Gasteiger partial charge in [-0.15, -0.1) is 0 Å². The summed E-state index contributed by atoms with van der Waals surface area (Å²) in [6.45, 7) is 6.40. The lowest BCUT2D eigenvalue weighted by atomic mass is 9.94. The molecule has 2 aliphatic heterocycles. The smallest absolute Gasteiger partial charge is 0.301 e. The van der Waals surface area contributed by atoms with Crippen LogP contribution in [0.1, 0.15) is 42.1 Å². The van der Waals surface area contributed by atoms with E-state index in [9.17, 15) is 14.7 Å². The van der Waals surface area contributed by atoms with Crippen LogP contribution in [0.5, 0.6) is 11.5 Å². The van der Waals surface area contributed by atoms with Gasteiger partial charge in [0.1, 0.15) is 23.4 Å². The van der Waals surface area contributed by atoms with E-state index < -0.39 is 17.7 Å². The van der Waals surface area contributed by atoms with E-state index in [4.69, 9.17) is 14.5 Å². The molecule has 7 nitrogen and oxygen atoms in total. The molecule has 1 saturated heterocycles. The summed E-state index contributed by atoms with van der Waals surface area (Å²) in [6.07, 6.45) is 0.748. The summed E-state index contributed by atoms with van der Waals surface area (Å²) >= 11 is 1.35. The average molecular weight is 527 g/mol. The van der Waals surface area contributed by atoms with Crippen molar-refractivity contribution in [3.63, 3.8) is 0 Å². The summed E-state index contributed by atoms with van der Waals surface area (Å²) in [5.41, 5.74) is 3.94. The Kier molecular flexibility index (Phi) is 5.91. The Morgan fingerprint density at radius 1 is 1.13 bits per heavy atom. The number of carbonyl (C=O) groups excluding carboxylic acids is 2. The zero-order chi connectivity index (χ0) is 26.6. The van der Waals surface area contributed by atoms with Crippen LogP contribution in [0.3, 0.4) is 0 Å². The van der Waals surface area contributed by atoms with Crippen molar-refractivity contribution < 1.29 is 24.2 Å². The molecule has 4 aromatic rings. The second-order valence-corrected chi connectivity index (χ2v) is 10.6. The van der Waals surface area contributed by atoms with Gasteiger partial charge < -0.3 is 14.6 Å². The number of carbonyl (C=O) groups is 2. The number of aryl methyl sites for hydroxylation is 1. The molecule has 6 rings (SSSR count). The Balaban J connectivity index is 1.51. The third-order valence-electron chi connectivity index (χ3n) is 6.86. The fraction of sp³-hybridized carbons (Fsp3) is 0.233. The van der Waals surface area contributed by atoms with Gasteiger partial charge in [0.25, 0.3) is 5.78 Å². The quantitative estimate of drug-likeness (QED) is 0.196. The lowest BCUT2D eigenvalue weighted by molar-refractivity contribution is -0.132. The summed E-state index contributed by atoms with van der Waals surface area (Å²) in [5, 5.41) is 11.9. The van der Waals surface area contributed by atoms with Crippen LogP contribution in [0.2, 0.25) is 0 Å². The summed E-state index contributed by atoms with van der Waals surface area (Å²) in [6, 6.07) is 17.6. The number of aromatic nitrogens is 1. The van der Waals surface area contributed by atoms with Crippen LogP contribution in [-0.4, -0.2) is 34.5 Å². The number of ether oxygens (including phenoxy) is 2. The molecule has 38 heavy (non-hydrogen) atoms. The topological polar surface area (TPSA) is 89.0 Å². The standard InChI is InChI=1S/C30H26N2O5S/c1-4-36-21-9-6-18(7-10-21)26-25(27(33)19-8-12-23-20(15-19)14-17(3)37-23)28(34)29(35)32(26)30-31-22-11-5-16(2)13-24(22)38-30/h5-13,15,17,26,33H,4,14H2,1-3H3/b27-25+/t17-,26+/m0/s1. The largest absolute Gasteiger partial charge is 0.507 e. The SMILES string of the molecule is CCOc1ccc([C@@H]2/C(=C(\O)c3ccc4c(c3)C[C@H](C)O4)C(=O)C(=O)N2c2nc3ccc(C)cc3s2)cc1. The van der Waals surface area contributed by atoms with Crippen LogP contribution < -0.4 is 14.4 Å². The highest BCUT2D eigenvalue weighted by Gasteiger charge is 2.48. The first kappa shape index (κ1) is 24.2. The van der Waals surface area contributed by atoms with Crippen LogP contribution in [-0.2, 0) is 16.0 Å². The molecule has 3 heterocycles. The lowest BCUT2D eigenvalue weighted by Gasteiger charge is -2.23. The second-order valence-electron chi connectivity index (χ2n) is 9.59. The number of fused-ring (bicyclic) bond motifs is 2. The third kappa shape index (κ3) is 4.01. The van der Waals surface area contributed by atoms with Gasteiger partial charge in [0.15, 0.2) is 5.13 Å². The minimum atomic E-state index is -0.851. The van der Waals surface area contributed by atoms with Crippen molar-refractivity contribution >= 4 is 44.1 Å². The summed E-state index contributed by atoms with van der Waals surface area (Å²) in [4.78, 5) is 33.2. The number of hydrogen-bond donors (Lipinski definition) is 1. The van der Waals surface area contributed by atoms with Crippen molar-refractivity contribution in [2.75, 3.05) is 11.5 Å². The molecule has 0 unspecified atom stereocenters. The van der Waals surface area contributed by atoms with Gasteiger partial charge in [-0.3, -0.25) is 14.5 Å². The molecule has 1 fully saturated rings. The van der Waals surface area contributed by atoms with Crippen molar-refractivity contribution in [2.24, 2.45) is 0 Å². The van der Waals surface area contributed by atoms with E-state index in [1.54, 1.807) is 24.3 Å². The zero-order valence-electron chi connectivity index (χ0n) is 21.2. The zero-order valence-corrected chi connectivity index (χ0v) is 22.0. The molecule has 1 aromatic heterocycles. The molecule has 0 bridgehead atoms. The maximum Gasteiger partial charge on any atom is 0.301 e. The monoisotopic (exact) mass is 526 g/mol. The van der Waals surface area contributed by atoms with E-state index in [-0.39, 0.29) is 17.4 Å². The highest BCUT2D eigenvalue weighted by Crippen LogP contribution is 2.45. The van der Waals surface area contributed by atoms with E-state index in [1.165, 1.54) is 16.2 Å². The van der Waals surface area contributed by atoms with Crippen molar-refractivity contribution in [1.29, 1.82) is 0 Å². The van der Waals surface area contributed by atoms with Gasteiger partial charge in [0.2, 0.25) is 0 Å². The number of anilines is 1. The minimum absolute atomic E-state index is 0.0292. The average Bonchev–Trinajstić information content (AvgIpc) is 3.56. The van der Waals surface area contributed by atoms with Gasteiger partial charge in [-0.2, -0.15) is 0 Å². The second kappa shape index (κ2) is 9.29. The Bertz CT molecular complexity index is 1620. The van der Waals surface area contributed by atoms with Crippen LogP contribution in [0, 0.1) is 6.92 Å². The van der Waals surface area contributed by atoms with Gasteiger partial charge in [-0.1, -0.05) is 29.5 Å². The Hall–Kier alpha value is -4.17. The number of thiazole rings is 1. The van der Waals surface area contributed by atoms with Crippen molar-refractivity contribution in [2.45, 2.75) is 39.3 Å². The molecule has 1 N–H and O–H groups in total. The van der Waals surface area contributed by atoms with E-state index >= 15 is 0 Å². The summed E-state index contributed by atoms with van der Waals surface area (Å²) in [7, 11) is 0. The number of amides is 1. The number of aliphatic hydroxyl groups excluding tert-OH is 1. The molecule has 2 aliphatic rings. The predicted octanol–water partition coefficient (Wildman–Crippen LogP) is 5.95. The molecule has 0 radical (unpaired) electrons. The molecular formula is C30H26N2O5S. The van der Waals surface area contributed by atoms with E-state index in [0.717, 1.165) is 27.1 Å². The van der Waals surface area contributed by atoms with Crippen molar-refractivity contribution in [3.8, 4) is 11.5 Å². The molecule has 3 aromatic carbocycles. The number of ketones is 1. The van der Waals surface area contributed by atoms with Gasteiger partial charge >= 0.3 is 5.91 Å². The maximum atomic E-state index is 13.5. The fourth-order valence-electron chi connectivity index (χ4n) is 5.11. The first-order valence-corrected chi connectivity index (χ1v) is 13.4. The predicted molar refractivity (Wildman–Crippen MR) is 147 cm³/mol. The van der Waals surface area contributed by atoms with Crippen LogP contribution in [0.4, 0.5) is 5.13 Å². The molecule has 2 atom stereocenters. The Morgan fingerprint density at radius 2 is 1.92 bits per heavy atom. The molecule has 0 spiro atoms. The third-order valence-corrected chi connectivity index (χ3v) is 7.88. The highest BCUT2D eigenvalue weighted by molar-refractivity contribution is 7.22. The van der Waals surface area contributed by atoms with E-state index in [0.29, 0.717) is 35.0 Å². The van der Waals surface area contributed by atoms with Crippen molar-refractivity contribution in [3.05, 3.63) is 88.5 Å². The van der Waals surface area contributed by atoms with Crippen molar-refractivity contribution in [1.82, 2.24) is 4.98 Å². The van der Waals surface area contributed by atoms with Gasteiger partial charge in [-0.05, 0) is 79.9 Å². The normalized spacial score (nSPS) is 20.1. The minimum Gasteiger partial charge on any atom is -0.507 e. The Labute approximate surface area is 224 Å². The van der Waals surface area contributed by atoms with Crippen LogP contribution >= 0.6 is 11.3 Å². The lowest BCUT2D eigenvalue weighted by Crippen LogP contribution is -2.29. The molecule has 0 saturated carbocycles. The fourth-order valence-corrected chi connectivity index (χ4v) is 6.20. The number of Topliss-reactive ketones (excluding diaryl/α,β-unsaturated/α-hetero) is 1. The number of hydrogen-bond acceptors (Lipinski definition) is 7. The number of rotatable bonds is 5. The molecule has 0 aliphatic carbocycles. The number of nitrogens with zero attached hydrogens (tertiary/aromatic N) is 2. The number of benzene rings is 3. The van der Waals surface area contributed by atoms with Gasteiger partial charge in [0, 0.05) is 12.0 Å². The van der Waals surface area contributed by atoms with E-state index in [1.807, 2.05) is 57.2 Å². The Morgan fingerprint density at radius 3 is 2.68 bits per heavy atom. The first-order valence-electron chi connectivity index (χ1n) is 12.5.